The molecule has 2 aromatic carbocycles. The van der Waals surface area contributed by atoms with E-state index in [4.69, 9.17) is 0 Å². The second-order valence-corrected chi connectivity index (χ2v) is 7.51. The molecule has 0 spiro atoms. The smallest absolute Gasteiger partial charge is 0.322 e. The van der Waals surface area contributed by atoms with Crippen molar-refractivity contribution in [3.8, 4) is 0 Å². The molecule has 0 bridgehead atoms. The van der Waals surface area contributed by atoms with Gasteiger partial charge in [-0.2, -0.15) is 0 Å². The van der Waals surface area contributed by atoms with Crippen LogP contribution in [0, 0.1) is 12.7 Å². The summed E-state index contributed by atoms with van der Waals surface area (Å²) in [5.74, 6) is -0.226. The summed E-state index contributed by atoms with van der Waals surface area (Å²) in [5.41, 5.74) is 3.15. The van der Waals surface area contributed by atoms with E-state index in [2.05, 4.69) is 5.32 Å². The largest absolute Gasteiger partial charge is 0.339 e. The quantitative estimate of drug-likeness (QED) is 0.859. The summed E-state index contributed by atoms with van der Waals surface area (Å²) < 4.78 is 13.1. The Morgan fingerprint density at radius 2 is 1.75 bits per heavy atom. The first kappa shape index (κ1) is 18.5. The minimum Gasteiger partial charge on any atom is -0.339 e. The minimum absolute atomic E-state index is 0.0306. The van der Waals surface area contributed by atoms with Gasteiger partial charge in [0.25, 0.3) is 5.91 Å². The normalized spacial score (nSPS) is 18.7. The number of carbonyl (C=O) groups excluding carboxylic acids is 2. The number of aryl methyl sites for hydroxylation is 1. The fourth-order valence-electron chi connectivity index (χ4n) is 3.89. The zero-order valence-electron chi connectivity index (χ0n) is 16.0. The van der Waals surface area contributed by atoms with Crippen molar-refractivity contribution >= 4 is 17.6 Å². The Balaban J connectivity index is 1.43. The number of carbonyl (C=O) groups is 2. The molecule has 28 heavy (non-hydrogen) atoms. The van der Waals surface area contributed by atoms with Crippen molar-refractivity contribution in [2.75, 3.05) is 25.0 Å². The predicted octanol–water partition coefficient (Wildman–Crippen LogP) is 4.35. The Hall–Kier alpha value is -2.89. The van der Waals surface area contributed by atoms with Crippen LogP contribution in [0.4, 0.5) is 14.9 Å². The highest BCUT2D eigenvalue weighted by Crippen LogP contribution is 2.34. The maximum absolute atomic E-state index is 13.1. The first-order valence-corrected chi connectivity index (χ1v) is 9.76. The summed E-state index contributed by atoms with van der Waals surface area (Å²) in [4.78, 5) is 28.8. The van der Waals surface area contributed by atoms with Gasteiger partial charge in [-0.15, -0.1) is 0 Å². The van der Waals surface area contributed by atoms with Crippen molar-refractivity contribution < 1.29 is 14.0 Å². The predicted molar refractivity (Wildman–Crippen MR) is 106 cm³/mol. The molecule has 5 nitrogen and oxygen atoms in total. The Bertz CT molecular complexity index is 891. The third-order valence-corrected chi connectivity index (χ3v) is 5.64. The lowest BCUT2D eigenvalue weighted by atomic mass is 9.95. The molecule has 146 valence electrons. The lowest BCUT2D eigenvalue weighted by Crippen LogP contribution is -2.47. The van der Waals surface area contributed by atoms with Crippen molar-refractivity contribution in [1.82, 2.24) is 9.80 Å². The number of nitrogens with one attached hydrogen (secondary N) is 1. The average molecular weight is 381 g/mol. The summed E-state index contributed by atoms with van der Waals surface area (Å²) in [6.07, 6.45) is 2.98. The molecule has 2 saturated heterocycles. The number of rotatable bonds is 3. The van der Waals surface area contributed by atoms with Crippen LogP contribution in [0.2, 0.25) is 0 Å². The van der Waals surface area contributed by atoms with Crippen molar-refractivity contribution in [3.63, 3.8) is 0 Å². The number of nitrogens with zero attached hydrogens (tertiary/aromatic N) is 2. The lowest BCUT2D eigenvalue weighted by molar-refractivity contribution is 0.0792. The molecule has 2 aromatic rings. The third kappa shape index (κ3) is 3.59. The average Bonchev–Trinajstić information content (AvgIpc) is 3.18. The van der Waals surface area contributed by atoms with Crippen LogP contribution in [-0.2, 0) is 0 Å². The summed E-state index contributed by atoms with van der Waals surface area (Å²) >= 11 is 0. The summed E-state index contributed by atoms with van der Waals surface area (Å²) in [7, 11) is 0. The molecule has 2 fully saturated rings. The Morgan fingerprint density at radius 3 is 2.36 bits per heavy atom. The molecule has 2 aliphatic heterocycles. The van der Waals surface area contributed by atoms with Crippen LogP contribution in [0.15, 0.2) is 42.5 Å². The van der Waals surface area contributed by atoms with Gasteiger partial charge in [0.05, 0.1) is 6.04 Å². The topological polar surface area (TPSA) is 52.7 Å². The number of likely N-dealkylation sites (tertiary alicyclic amines) is 2. The highest BCUT2D eigenvalue weighted by atomic mass is 19.1. The zero-order chi connectivity index (χ0) is 19.7. The molecule has 2 heterocycles. The number of halogens is 1. The first-order valence-electron chi connectivity index (χ1n) is 9.76. The molecule has 6 heteroatoms. The lowest BCUT2D eigenvalue weighted by Gasteiger charge is -2.41. The number of amides is 3. The maximum Gasteiger partial charge on any atom is 0.322 e. The van der Waals surface area contributed by atoms with Crippen LogP contribution in [0.1, 0.15) is 46.8 Å². The molecular weight excluding hydrogens is 357 g/mol. The van der Waals surface area contributed by atoms with Gasteiger partial charge in [-0.1, -0.05) is 12.1 Å². The Morgan fingerprint density at radius 1 is 1.04 bits per heavy atom. The molecule has 0 aromatic heterocycles. The zero-order valence-corrected chi connectivity index (χ0v) is 16.0. The number of benzene rings is 2. The van der Waals surface area contributed by atoms with Gasteiger partial charge in [0.1, 0.15) is 5.82 Å². The van der Waals surface area contributed by atoms with E-state index in [1.54, 1.807) is 29.2 Å². The van der Waals surface area contributed by atoms with Crippen molar-refractivity contribution in [3.05, 3.63) is 65.0 Å². The molecule has 3 amide bonds. The molecule has 2 aliphatic rings. The molecule has 0 unspecified atom stereocenters. The van der Waals surface area contributed by atoms with Crippen LogP contribution in [0.3, 0.4) is 0 Å². The minimum atomic E-state index is -0.279. The van der Waals surface area contributed by atoms with E-state index < -0.39 is 0 Å². The summed E-state index contributed by atoms with van der Waals surface area (Å²) in [5, 5.41) is 2.95. The van der Waals surface area contributed by atoms with E-state index in [1.807, 2.05) is 17.9 Å². The van der Waals surface area contributed by atoms with Gasteiger partial charge in [-0.05, 0) is 67.6 Å². The monoisotopic (exact) mass is 381 g/mol. The van der Waals surface area contributed by atoms with E-state index in [1.165, 1.54) is 12.1 Å². The Kier molecular flexibility index (Phi) is 5.03. The van der Waals surface area contributed by atoms with Gasteiger partial charge < -0.3 is 15.1 Å². The highest BCUT2D eigenvalue weighted by Gasteiger charge is 2.33. The molecule has 0 radical (unpaired) electrons. The number of anilines is 1. The first-order chi connectivity index (χ1) is 13.5. The summed E-state index contributed by atoms with van der Waals surface area (Å²) in [6.45, 7) is 4.19. The number of hydrogen-bond donors (Lipinski definition) is 1. The molecule has 0 saturated carbocycles. The molecule has 0 aliphatic carbocycles. The fraction of sp³-hybridized carbons (Fsp3) is 0.364. The van der Waals surface area contributed by atoms with Crippen molar-refractivity contribution in [1.29, 1.82) is 0 Å². The van der Waals surface area contributed by atoms with Crippen LogP contribution < -0.4 is 5.32 Å². The van der Waals surface area contributed by atoms with Gasteiger partial charge in [-0.3, -0.25) is 4.79 Å². The molecular formula is C22H24FN3O2. The standard InChI is InChI=1S/C22H24FN3O2/c1-15-14-17(21(27)25-11-2-3-12-25)6-9-19(15)24-22(28)26-13-10-20(26)16-4-7-18(23)8-5-16/h4-9,14,20H,2-3,10-13H2,1H3,(H,24,28)/t20-/m0/s1. The molecule has 1 N–H and O–H groups in total. The van der Waals surface area contributed by atoms with Crippen LogP contribution in [-0.4, -0.2) is 41.4 Å². The van der Waals surface area contributed by atoms with Crippen LogP contribution >= 0.6 is 0 Å². The second kappa shape index (κ2) is 7.62. The van der Waals surface area contributed by atoms with E-state index in [0.29, 0.717) is 17.8 Å². The second-order valence-electron chi connectivity index (χ2n) is 7.51. The van der Waals surface area contributed by atoms with Crippen molar-refractivity contribution in [2.45, 2.75) is 32.2 Å². The number of hydrogen-bond acceptors (Lipinski definition) is 2. The van der Waals surface area contributed by atoms with Crippen LogP contribution in [0.25, 0.3) is 0 Å². The van der Waals surface area contributed by atoms with Gasteiger partial charge >= 0.3 is 6.03 Å². The Labute approximate surface area is 164 Å². The van der Waals surface area contributed by atoms with Gasteiger partial charge in [0, 0.05) is 30.9 Å². The maximum atomic E-state index is 13.1. The van der Waals surface area contributed by atoms with Gasteiger partial charge in [0.15, 0.2) is 0 Å². The highest BCUT2D eigenvalue weighted by molar-refractivity contribution is 5.96. The van der Waals surface area contributed by atoms with E-state index in [9.17, 15) is 14.0 Å². The molecule has 4 rings (SSSR count). The van der Waals surface area contributed by atoms with E-state index >= 15 is 0 Å². The third-order valence-electron chi connectivity index (χ3n) is 5.64. The van der Waals surface area contributed by atoms with Gasteiger partial charge in [-0.25, -0.2) is 9.18 Å². The van der Waals surface area contributed by atoms with Gasteiger partial charge in [0.2, 0.25) is 0 Å². The fourth-order valence-corrected chi connectivity index (χ4v) is 3.89. The van der Waals surface area contributed by atoms with E-state index in [0.717, 1.165) is 43.5 Å². The van der Waals surface area contributed by atoms with Crippen molar-refractivity contribution in [2.24, 2.45) is 0 Å². The summed E-state index contributed by atoms with van der Waals surface area (Å²) in [6, 6.07) is 11.5. The molecule has 1 atom stereocenters. The number of urea groups is 1. The van der Waals surface area contributed by atoms with Crippen LogP contribution in [0.5, 0.6) is 0 Å². The SMILES string of the molecule is Cc1cc(C(=O)N2CCCC2)ccc1NC(=O)N1CC[C@H]1c1ccc(F)cc1. The van der Waals surface area contributed by atoms with E-state index in [-0.39, 0.29) is 23.8 Å².